The molecule has 0 aliphatic carbocycles. The van der Waals surface area contributed by atoms with Gasteiger partial charge in [0.1, 0.15) is 16.0 Å². The summed E-state index contributed by atoms with van der Waals surface area (Å²) in [7, 11) is 1.49. The third-order valence-electron chi connectivity index (χ3n) is 5.18. The zero-order valence-electron chi connectivity index (χ0n) is 18.2. The molecule has 0 spiro atoms. The van der Waals surface area contributed by atoms with Gasteiger partial charge in [-0.15, -0.1) is 11.3 Å². The van der Waals surface area contributed by atoms with E-state index >= 15 is 0 Å². The van der Waals surface area contributed by atoms with Crippen molar-refractivity contribution in [1.82, 2.24) is 9.88 Å². The minimum Gasteiger partial charge on any atom is -0.493 e. The van der Waals surface area contributed by atoms with Crippen molar-refractivity contribution in [2.24, 2.45) is 0 Å². The molecule has 2 amide bonds. The van der Waals surface area contributed by atoms with Gasteiger partial charge in [0, 0.05) is 35.4 Å². The lowest BCUT2D eigenvalue weighted by atomic mass is 10.2. The fourth-order valence-electron chi connectivity index (χ4n) is 3.40. The molecule has 0 saturated carbocycles. The first-order valence-electron chi connectivity index (χ1n) is 10.4. The van der Waals surface area contributed by atoms with Crippen LogP contribution >= 0.6 is 22.9 Å². The number of rotatable bonds is 8. The summed E-state index contributed by atoms with van der Waals surface area (Å²) in [6.45, 7) is 0.433. The lowest BCUT2D eigenvalue weighted by Crippen LogP contribution is -2.55. The van der Waals surface area contributed by atoms with Crippen LogP contribution in [0, 0.1) is 0 Å². The van der Waals surface area contributed by atoms with E-state index in [1.54, 1.807) is 30.3 Å². The number of hydrogen-bond acceptors (Lipinski definition) is 7. The smallest absolute Gasteiger partial charge is 0.407 e. The standard InChI is InChI=1S/C23H22ClN3O6S/c1-32-19-10-15(6-7-18(19)33-16-11-27(12-16)23(30)31)25-21(29)20-17(8-9-28)26-22(34-20)13-2-4-14(24)5-3-13/h2-7,10,16,28H,8-9,11-12H2,1H3,(H,25,29)(H,30,31). The number of carbonyl (C=O) groups excluding carboxylic acids is 1. The quantitative estimate of drug-likeness (QED) is 0.424. The zero-order valence-corrected chi connectivity index (χ0v) is 19.7. The van der Waals surface area contributed by atoms with Crippen LogP contribution in [0.15, 0.2) is 42.5 Å². The Labute approximate surface area is 204 Å². The number of aliphatic hydroxyl groups is 1. The summed E-state index contributed by atoms with van der Waals surface area (Å²) < 4.78 is 11.2. The third kappa shape index (κ3) is 5.24. The molecule has 0 radical (unpaired) electrons. The van der Waals surface area contributed by atoms with Crippen molar-refractivity contribution >= 4 is 40.6 Å². The number of thiazole rings is 1. The number of likely N-dealkylation sites (tertiary alicyclic amines) is 1. The maximum absolute atomic E-state index is 13.0. The molecule has 178 valence electrons. The second-order valence-corrected chi connectivity index (χ2v) is 8.96. The van der Waals surface area contributed by atoms with E-state index in [1.807, 2.05) is 12.1 Å². The highest BCUT2D eigenvalue weighted by Crippen LogP contribution is 2.34. The summed E-state index contributed by atoms with van der Waals surface area (Å²) in [6.07, 6.45) is -0.986. The number of nitrogens with one attached hydrogen (secondary N) is 1. The van der Waals surface area contributed by atoms with Crippen molar-refractivity contribution in [3.05, 3.63) is 58.1 Å². The van der Waals surface area contributed by atoms with Crippen LogP contribution in [-0.4, -0.2) is 65.0 Å². The Balaban J connectivity index is 1.49. The van der Waals surface area contributed by atoms with E-state index in [2.05, 4.69) is 10.3 Å². The summed E-state index contributed by atoms with van der Waals surface area (Å²) in [5.41, 5.74) is 1.83. The summed E-state index contributed by atoms with van der Waals surface area (Å²) >= 11 is 7.20. The van der Waals surface area contributed by atoms with Gasteiger partial charge in [0.25, 0.3) is 5.91 Å². The third-order valence-corrected chi connectivity index (χ3v) is 6.57. The Morgan fingerprint density at radius 2 is 1.94 bits per heavy atom. The molecule has 3 N–H and O–H groups in total. The molecule has 0 bridgehead atoms. The fraction of sp³-hybridized carbons (Fsp3) is 0.261. The van der Waals surface area contributed by atoms with E-state index in [0.29, 0.717) is 37.8 Å². The molecule has 2 aromatic carbocycles. The van der Waals surface area contributed by atoms with E-state index in [0.717, 1.165) is 5.56 Å². The van der Waals surface area contributed by atoms with Crippen LogP contribution in [0.3, 0.4) is 0 Å². The van der Waals surface area contributed by atoms with Gasteiger partial charge in [0.2, 0.25) is 0 Å². The van der Waals surface area contributed by atoms with Crippen LogP contribution in [0.4, 0.5) is 10.5 Å². The molecule has 4 rings (SSSR count). The minimum atomic E-state index is -0.979. The van der Waals surface area contributed by atoms with Crippen LogP contribution in [-0.2, 0) is 6.42 Å². The molecule has 1 aliphatic heterocycles. The van der Waals surface area contributed by atoms with Crippen molar-refractivity contribution in [2.45, 2.75) is 12.5 Å². The van der Waals surface area contributed by atoms with Crippen LogP contribution in [0.2, 0.25) is 5.02 Å². The second kappa shape index (κ2) is 10.3. The summed E-state index contributed by atoms with van der Waals surface area (Å²) in [4.78, 5) is 30.2. The minimum absolute atomic E-state index is 0.135. The molecule has 3 aromatic rings. The first kappa shape index (κ1) is 23.8. The van der Waals surface area contributed by atoms with E-state index < -0.39 is 6.09 Å². The van der Waals surface area contributed by atoms with Gasteiger partial charge in [0.05, 0.1) is 25.9 Å². The molecule has 0 atom stereocenters. The number of methoxy groups -OCH3 is 1. The maximum Gasteiger partial charge on any atom is 0.407 e. The lowest BCUT2D eigenvalue weighted by molar-refractivity contribution is 0.0239. The predicted octanol–water partition coefficient (Wildman–Crippen LogP) is 4.00. The van der Waals surface area contributed by atoms with Crippen LogP contribution < -0.4 is 14.8 Å². The number of aliphatic hydroxyl groups excluding tert-OH is 1. The molecule has 9 nitrogen and oxygen atoms in total. The Hall–Kier alpha value is -3.34. The topological polar surface area (TPSA) is 121 Å². The first-order chi connectivity index (χ1) is 16.4. The number of anilines is 1. The number of carbonyl (C=O) groups is 2. The van der Waals surface area contributed by atoms with Crippen LogP contribution in [0.25, 0.3) is 10.6 Å². The summed E-state index contributed by atoms with van der Waals surface area (Å²) in [6, 6.07) is 12.1. The highest BCUT2D eigenvalue weighted by molar-refractivity contribution is 7.17. The molecule has 0 unspecified atom stereocenters. The molecule has 11 heteroatoms. The average molecular weight is 504 g/mol. The summed E-state index contributed by atoms with van der Waals surface area (Å²) in [5, 5.41) is 22.5. The maximum atomic E-state index is 13.0. The highest BCUT2D eigenvalue weighted by Gasteiger charge is 2.32. The number of carboxylic acid groups (broad SMARTS) is 1. The monoisotopic (exact) mass is 503 g/mol. The fourth-order valence-corrected chi connectivity index (χ4v) is 4.54. The van der Waals surface area contributed by atoms with Crippen LogP contribution in [0.1, 0.15) is 15.4 Å². The van der Waals surface area contributed by atoms with Crippen molar-refractivity contribution in [2.75, 3.05) is 32.1 Å². The molecule has 1 fully saturated rings. The van der Waals surface area contributed by atoms with E-state index in [9.17, 15) is 14.7 Å². The van der Waals surface area contributed by atoms with E-state index in [4.69, 9.17) is 26.2 Å². The average Bonchev–Trinajstić information content (AvgIpc) is 3.21. The molecule has 1 aliphatic rings. The Kier molecular flexibility index (Phi) is 7.20. The molecule has 1 aromatic heterocycles. The number of ether oxygens (including phenoxy) is 2. The number of nitrogens with zero attached hydrogens (tertiary/aromatic N) is 2. The van der Waals surface area contributed by atoms with Gasteiger partial charge in [-0.1, -0.05) is 23.7 Å². The number of hydrogen-bond donors (Lipinski definition) is 3. The van der Waals surface area contributed by atoms with Crippen molar-refractivity contribution < 1.29 is 29.3 Å². The second-order valence-electron chi connectivity index (χ2n) is 7.52. The normalized spacial score (nSPS) is 13.3. The van der Waals surface area contributed by atoms with Gasteiger partial charge in [-0.3, -0.25) is 4.79 Å². The summed E-state index contributed by atoms with van der Waals surface area (Å²) in [5.74, 6) is 0.514. The Morgan fingerprint density at radius 3 is 2.59 bits per heavy atom. The predicted molar refractivity (Wildman–Crippen MR) is 128 cm³/mol. The first-order valence-corrected chi connectivity index (χ1v) is 11.6. The molecule has 1 saturated heterocycles. The van der Waals surface area contributed by atoms with Gasteiger partial charge < -0.3 is 29.9 Å². The van der Waals surface area contributed by atoms with Gasteiger partial charge in [0.15, 0.2) is 11.5 Å². The largest absolute Gasteiger partial charge is 0.493 e. The number of benzene rings is 2. The molecular weight excluding hydrogens is 482 g/mol. The number of aromatic nitrogens is 1. The van der Waals surface area contributed by atoms with Crippen molar-refractivity contribution in [3.63, 3.8) is 0 Å². The zero-order chi connectivity index (χ0) is 24.2. The molecule has 2 heterocycles. The highest BCUT2D eigenvalue weighted by atomic mass is 35.5. The van der Waals surface area contributed by atoms with Gasteiger partial charge >= 0.3 is 6.09 Å². The van der Waals surface area contributed by atoms with Crippen molar-refractivity contribution in [3.8, 4) is 22.1 Å². The lowest BCUT2D eigenvalue weighted by Gasteiger charge is -2.37. The number of amides is 2. The molecule has 34 heavy (non-hydrogen) atoms. The van der Waals surface area contributed by atoms with Crippen molar-refractivity contribution in [1.29, 1.82) is 0 Å². The van der Waals surface area contributed by atoms with Crippen LogP contribution in [0.5, 0.6) is 11.5 Å². The Morgan fingerprint density at radius 1 is 1.21 bits per heavy atom. The SMILES string of the molecule is COc1cc(NC(=O)c2sc(-c3ccc(Cl)cc3)nc2CCO)ccc1OC1CN(C(=O)O)C1. The van der Waals surface area contributed by atoms with E-state index in [1.165, 1.54) is 23.3 Å². The van der Waals surface area contributed by atoms with E-state index in [-0.39, 0.29) is 38.1 Å². The molecular formula is C23H22ClN3O6S. The van der Waals surface area contributed by atoms with Gasteiger partial charge in [-0.25, -0.2) is 9.78 Å². The van der Waals surface area contributed by atoms with Gasteiger partial charge in [-0.2, -0.15) is 0 Å². The van der Waals surface area contributed by atoms with Gasteiger partial charge in [-0.05, 0) is 24.3 Å². The Bertz CT molecular complexity index is 1190. The number of halogens is 1.